The molecule has 1 aromatic rings. The minimum absolute atomic E-state index is 0.199. The quantitative estimate of drug-likeness (QED) is 0.609. The SMILES string of the molecule is C1CNCCN1.CC(C)(C)OC(=O)c1c[nH]nn1. The van der Waals surface area contributed by atoms with Gasteiger partial charge in [0.2, 0.25) is 0 Å². The zero-order valence-electron chi connectivity index (χ0n) is 11.1. The number of piperazine rings is 1. The number of H-pyrrole nitrogens is 1. The molecule has 1 aliphatic heterocycles. The summed E-state index contributed by atoms with van der Waals surface area (Å²) < 4.78 is 5.02. The summed E-state index contributed by atoms with van der Waals surface area (Å²) in [5, 5.41) is 15.8. The number of hydrogen-bond acceptors (Lipinski definition) is 6. The second kappa shape index (κ2) is 7.07. The van der Waals surface area contributed by atoms with Crippen LogP contribution in [-0.4, -0.2) is 53.2 Å². The van der Waals surface area contributed by atoms with Crippen LogP contribution in [0.5, 0.6) is 0 Å². The number of rotatable bonds is 1. The van der Waals surface area contributed by atoms with Crippen LogP contribution in [0.4, 0.5) is 0 Å². The molecule has 1 fully saturated rings. The molecule has 0 saturated carbocycles. The first-order chi connectivity index (χ1) is 8.49. The number of ether oxygens (including phenoxy) is 1. The molecule has 0 atom stereocenters. The van der Waals surface area contributed by atoms with Crippen molar-refractivity contribution in [2.24, 2.45) is 0 Å². The van der Waals surface area contributed by atoms with Crippen molar-refractivity contribution in [2.75, 3.05) is 26.2 Å². The van der Waals surface area contributed by atoms with E-state index in [9.17, 15) is 4.79 Å². The number of hydrogen-bond donors (Lipinski definition) is 3. The van der Waals surface area contributed by atoms with Crippen molar-refractivity contribution >= 4 is 5.97 Å². The molecule has 0 amide bonds. The molecular weight excluding hydrogens is 234 g/mol. The van der Waals surface area contributed by atoms with Gasteiger partial charge in [-0.25, -0.2) is 4.79 Å². The predicted molar refractivity (Wildman–Crippen MR) is 67.3 cm³/mol. The van der Waals surface area contributed by atoms with E-state index >= 15 is 0 Å². The molecule has 0 aliphatic carbocycles. The van der Waals surface area contributed by atoms with Crippen molar-refractivity contribution < 1.29 is 9.53 Å². The third-order valence-electron chi connectivity index (χ3n) is 1.98. The topological polar surface area (TPSA) is 91.9 Å². The Morgan fingerprint density at radius 2 is 1.78 bits per heavy atom. The van der Waals surface area contributed by atoms with Crippen molar-refractivity contribution in [3.63, 3.8) is 0 Å². The summed E-state index contributed by atoms with van der Waals surface area (Å²) >= 11 is 0. The summed E-state index contributed by atoms with van der Waals surface area (Å²) in [5.41, 5.74) is -0.291. The number of aromatic amines is 1. The lowest BCUT2D eigenvalue weighted by molar-refractivity contribution is 0.00628. The molecule has 0 radical (unpaired) electrons. The van der Waals surface area contributed by atoms with Crippen molar-refractivity contribution in [1.29, 1.82) is 0 Å². The fraction of sp³-hybridized carbons (Fsp3) is 0.727. The Bertz CT molecular complexity index is 329. The highest BCUT2D eigenvalue weighted by atomic mass is 16.6. The van der Waals surface area contributed by atoms with Gasteiger partial charge in [0.25, 0.3) is 0 Å². The average Bonchev–Trinajstić information content (AvgIpc) is 2.83. The Balaban J connectivity index is 0.000000225. The van der Waals surface area contributed by atoms with Crippen LogP contribution >= 0.6 is 0 Å². The monoisotopic (exact) mass is 255 g/mol. The van der Waals surface area contributed by atoms with Gasteiger partial charge in [-0.05, 0) is 20.8 Å². The van der Waals surface area contributed by atoms with E-state index in [1.165, 1.54) is 6.20 Å². The molecular formula is C11H21N5O2. The molecule has 1 saturated heterocycles. The van der Waals surface area contributed by atoms with Crippen molar-refractivity contribution in [1.82, 2.24) is 26.0 Å². The van der Waals surface area contributed by atoms with Crippen molar-refractivity contribution in [3.05, 3.63) is 11.9 Å². The Labute approximate surface area is 107 Å². The predicted octanol–water partition coefficient (Wildman–Crippen LogP) is -0.0608. The fourth-order valence-electron chi connectivity index (χ4n) is 1.24. The number of carbonyl (C=O) groups excluding carboxylic acids is 1. The van der Waals surface area contributed by atoms with Crippen LogP contribution in [0.3, 0.4) is 0 Å². The molecule has 0 aromatic carbocycles. The van der Waals surface area contributed by atoms with E-state index in [4.69, 9.17) is 4.74 Å². The third-order valence-corrected chi connectivity index (χ3v) is 1.98. The minimum Gasteiger partial charge on any atom is -0.455 e. The summed E-state index contributed by atoms with van der Waals surface area (Å²) in [5.74, 6) is -0.462. The molecule has 0 unspecified atom stereocenters. The van der Waals surface area contributed by atoms with E-state index in [0.717, 1.165) is 26.2 Å². The molecule has 18 heavy (non-hydrogen) atoms. The molecule has 2 rings (SSSR count). The molecule has 1 aromatic heterocycles. The van der Waals surface area contributed by atoms with E-state index in [1.54, 1.807) is 20.8 Å². The van der Waals surface area contributed by atoms with Crippen molar-refractivity contribution in [2.45, 2.75) is 26.4 Å². The maximum absolute atomic E-state index is 11.2. The van der Waals surface area contributed by atoms with Gasteiger partial charge in [-0.2, -0.15) is 0 Å². The van der Waals surface area contributed by atoms with Gasteiger partial charge in [-0.15, -0.1) is 5.10 Å². The largest absolute Gasteiger partial charge is 0.455 e. The molecule has 0 bridgehead atoms. The maximum Gasteiger partial charge on any atom is 0.361 e. The van der Waals surface area contributed by atoms with Gasteiger partial charge in [0.1, 0.15) is 5.60 Å². The zero-order chi connectivity index (χ0) is 13.4. The van der Waals surface area contributed by atoms with E-state index in [0.29, 0.717) is 0 Å². The summed E-state index contributed by atoms with van der Waals surface area (Å²) in [6, 6.07) is 0. The number of nitrogens with one attached hydrogen (secondary N) is 3. The Kier molecular flexibility index (Phi) is 5.73. The molecule has 7 nitrogen and oxygen atoms in total. The van der Waals surface area contributed by atoms with E-state index in [2.05, 4.69) is 26.0 Å². The maximum atomic E-state index is 11.2. The zero-order valence-corrected chi connectivity index (χ0v) is 11.1. The third kappa shape index (κ3) is 6.31. The van der Waals surface area contributed by atoms with Crippen LogP contribution in [0.2, 0.25) is 0 Å². The highest BCUT2D eigenvalue weighted by Gasteiger charge is 2.19. The standard InChI is InChI=1S/C7H11N3O2.C4H10N2/c1-7(2,3)12-6(11)5-4-8-10-9-5;1-2-6-4-3-5-1/h4H,1-3H3,(H,8,9,10);5-6H,1-4H2. The lowest BCUT2D eigenvalue weighted by Gasteiger charge is -2.18. The number of aromatic nitrogens is 3. The molecule has 3 N–H and O–H groups in total. The fourth-order valence-corrected chi connectivity index (χ4v) is 1.24. The lowest BCUT2D eigenvalue weighted by atomic mass is 10.2. The summed E-state index contributed by atoms with van der Waals surface area (Å²) in [6.07, 6.45) is 1.40. The Hall–Kier alpha value is -1.47. The van der Waals surface area contributed by atoms with Gasteiger partial charge in [0.05, 0.1) is 6.20 Å². The van der Waals surface area contributed by atoms with Gasteiger partial charge in [-0.3, -0.25) is 5.10 Å². The molecule has 2 heterocycles. The van der Waals surface area contributed by atoms with Gasteiger partial charge in [0, 0.05) is 26.2 Å². The number of nitrogens with zero attached hydrogens (tertiary/aromatic N) is 2. The number of esters is 1. The minimum atomic E-state index is -0.490. The Morgan fingerprint density at radius 1 is 1.22 bits per heavy atom. The van der Waals surface area contributed by atoms with E-state index < -0.39 is 11.6 Å². The second-order valence-electron chi connectivity index (χ2n) is 4.86. The molecule has 7 heteroatoms. The highest BCUT2D eigenvalue weighted by molar-refractivity contribution is 5.86. The molecule has 1 aliphatic rings. The van der Waals surface area contributed by atoms with Crippen LogP contribution in [-0.2, 0) is 4.74 Å². The first kappa shape index (κ1) is 14.6. The van der Waals surface area contributed by atoms with Crippen LogP contribution in [0.25, 0.3) is 0 Å². The summed E-state index contributed by atoms with van der Waals surface area (Å²) in [7, 11) is 0. The van der Waals surface area contributed by atoms with Crippen LogP contribution < -0.4 is 10.6 Å². The summed E-state index contributed by atoms with van der Waals surface area (Å²) in [6.45, 7) is 9.95. The van der Waals surface area contributed by atoms with Crippen LogP contribution in [0.1, 0.15) is 31.3 Å². The smallest absolute Gasteiger partial charge is 0.361 e. The van der Waals surface area contributed by atoms with Crippen LogP contribution in [0.15, 0.2) is 6.20 Å². The molecule has 102 valence electrons. The van der Waals surface area contributed by atoms with Crippen LogP contribution in [0, 0.1) is 0 Å². The normalized spacial score (nSPS) is 15.5. The molecule has 0 spiro atoms. The van der Waals surface area contributed by atoms with E-state index in [-0.39, 0.29) is 5.69 Å². The first-order valence-corrected chi connectivity index (χ1v) is 6.00. The average molecular weight is 255 g/mol. The lowest BCUT2D eigenvalue weighted by Crippen LogP contribution is -2.39. The highest BCUT2D eigenvalue weighted by Crippen LogP contribution is 2.09. The first-order valence-electron chi connectivity index (χ1n) is 6.00. The van der Waals surface area contributed by atoms with Gasteiger partial charge in [-0.1, -0.05) is 5.21 Å². The van der Waals surface area contributed by atoms with Gasteiger partial charge >= 0.3 is 5.97 Å². The van der Waals surface area contributed by atoms with E-state index in [1.807, 2.05) is 0 Å². The second-order valence-corrected chi connectivity index (χ2v) is 4.86. The van der Waals surface area contributed by atoms with Gasteiger partial charge < -0.3 is 15.4 Å². The van der Waals surface area contributed by atoms with Crippen molar-refractivity contribution in [3.8, 4) is 0 Å². The Morgan fingerprint density at radius 3 is 2.11 bits per heavy atom. The number of carbonyl (C=O) groups is 1. The summed E-state index contributed by atoms with van der Waals surface area (Å²) in [4.78, 5) is 11.2. The van der Waals surface area contributed by atoms with Gasteiger partial charge in [0.15, 0.2) is 5.69 Å².